The summed E-state index contributed by atoms with van der Waals surface area (Å²) >= 11 is 0. The van der Waals surface area contributed by atoms with E-state index in [0.717, 1.165) is 12.4 Å². The molecule has 1 aromatic heterocycles. The number of aromatic nitrogens is 1. The van der Waals surface area contributed by atoms with Crippen LogP contribution in [0.15, 0.2) is 18.2 Å². The van der Waals surface area contributed by atoms with Gasteiger partial charge >= 0.3 is 0 Å². The Labute approximate surface area is 84.5 Å². The quantitative estimate of drug-likeness (QED) is 0.699. The lowest BCUT2D eigenvalue weighted by Gasteiger charge is -2.08. The predicted molar refractivity (Wildman–Crippen MR) is 58.2 cm³/mol. The molecule has 0 saturated heterocycles. The third kappa shape index (κ3) is 4.09. The highest BCUT2D eigenvalue weighted by atomic mass is 16.5. The van der Waals surface area contributed by atoms with Crippen LogP contribution < -0.4 is 11.1 Å². The Hall–Kier alpha value is -1.29. The lowest BCUT2D eigenvalue weighted by Crippen LogP contribution is -2.13. The summed E-state index contributed by atoms with van der Waals surface area (Å²) in [5, 5.41) is 3.12. The zero-order valence-corrected chi connectivity index (χ0v) is 8.66. The Morgan fingerprint density at radius 2 is 2.29 bits per heavy atom. The molecule has 1 heterocycles. The van der Waals surface area contributed by atoms with Crippen molar-refractivity contribution in [2.24, 2.45) is 0 Å². The van der Waals surface area contributed by atoms with Gasteiger partial charge in [0.05, 0.1) is 12.7 Å². The fourth-order valence-corrected chi connectivity index (χ4v) is 1.02. The number of nitrogens with two attached hydrogens (primary N) is 1. The Kier molecular flexibility index (Phi) is 4.19. The molecule has 4 heteroatoms. The normalized spacial score (nSPS) is 10.5. The zero-order valence-electron chi connectivity index (χ0n) is 8.66. The van der Waals surface area contributed by atoms with Crippen molar-refractivity contribution in [1.82, 2.24) is 4.98 Å². The largest absolute Gasteiger partial charge is 0.384 e. The molecule has 0 aliphatic heterocycles. The molecule has 0 fully saturated rings. The average molecular weight is 195 g/mol. The summed E-state index contributed by atoms with van der Waals surface area (Å²) in [4.78, 5) is 4.10. The van der Waals surface area contributed by atoms with E-state index < -0.39 is 0 Å². The van der Waals surface area contributed by atoms with Crippen molar-refractivity contribution < 1.29 is 4.74 Å². The number of nitrogen functional groups attached to an aromatic ring is 1. The van der Waals surface area contributed by atoms with E-state index in [1.54, 1.807) is 6.07 Å². The van der Waals surface area contributed by atoms with E-state index in [1.165, 1.54) is 0 Å². The SMILES string of the molecule is CC(C)OCCNc1cccc(N)n1. The van der Waals surface area contributed by atoms with E-state index in [1.807, 2.05) is 26.0 Å². The van der Waals surface area contributed by atoms with Crippen LogP contribution in [0.2, 0.25) is 0 Å². The first kappa shape index (κ1) is 10.8. The maximum atomic E-state index is 5.53. The van der Waals surface area contributed by atoms with Crippen LogP contribution in [0.4, 0.5) is 11.6 Å². The summed E-state index contributed by atoms with van der Waals surface area (Å²) in [6, 6.07) is 5.51. The third-order valence-corrected chi connectivity index (χ3v) is 1.63. The minimum absolute atomic E-state index is 0.269. The molecule has 0 spiro atoms. The molecule has 0 aliphatic carbocycles. The molecule has 1 rings (SSSR count). The van der Waals surface area contributed by atoms with Gasteiger partial charge in [-0.25, -0.2) is 4.98 Å². The lowest BCUT2D eigenvalue weighted by molar-refractivity contribution is 0.0870. The molecule has 4 nitrogen and oxygen atoms in total. The molecule has 0 unspecified atom stereocenters. The van der Waals surface area contributed by atoms with Gasteiger partial charge in [-0.15, -0.1) is 0 Å². The van der Waals surface area contributed by atoms with E-state index in [9.17, 15) is 0 Å². The zero-order chi connectivity index (χ0) is 10.4. The second-order valence-corrected chi connectivity index (χ2v) is 3.29. The molecule has 14 heavy (non-hydrogen) atoms. The summed E-state index contributed by atoms with van der Waals surface area (Å²) in [5.74, 6) is 1.32. The number of nitrogens with one attached hydrogen (secondary N) is 1. The molecule has 0 aromatic carbocycles. The minimum atomic E-state index is 0.269. The van der Waals surface area contributed by atoms with Gasteiger partial charge in [-0.3, -0.25) is 0 Å². The molecule has 3 N–H and O–H groups in total. The predicted octanol–water partition coefficient (Wildman–Crippen LogP) is 1.50. The van der Waals surface area contributed by atoms with Crippen molar-refractivity contribution in [3.8, 4) is 0 Å². The second-order valence-electron chi connectivity index (χ2n) is 3.29. The number of rotatable bonds is 5. The molecular formula is C10H17N3O. The third-order valence-electron chi connectivity index (χ3n) is 1.63. The van der Waals surface area contributed by atoms with Crippen molar-refractivity contribution in [2.45, 2.75) is 20.0 Å². The van der Waals surface area contributed by atoms with Gasteiger partial charge in [0.2, 0.25) is 0 Å². The van der Waals surface area contributed by atoms with Gasteiger partial charge in [0.1, 0.15) is 11.6 Å². The number of hydrogen-bond acceptors (Lipinski definition) is 4. The molecule has 0 radical (unpaired) electrons. The molecule has 0 aliphatic rings. The highest BCUT2D eigenvalue weighted by Gasteiger charge is 1.95. The van der Waals surface area contributed by atoms with E-state index in [2.05, 4.69) is 10.3 Å². The van der Waals surface area contributed by atoms with Gasteiger partial charge in [0.15, 0.2) is 0 Å². The summed E-state index contributed by atoms with van der Waals surface area (Å²) in [6.45, 7) is 5.44. The maximum Gasteiger partial charge on any atom is 0.128 e. The number of hydrogen-bond donors (Lipinski definition) is 2. The highest BCUT2D eigenvalue weighted by Crippen LogP contribution is 2.04. The summed E-state index contributed by atoms with van der Waals surface area (Å²) in [7, 11) is 0. The first-order valence-corrected chi connectivity index (χ1v) is 4.76. The van der Waals surface area contributed by atoms with Crippen molar-refractivity contribution >= 4 is 11.6 Å². The molecule has 1 aromatic rings. The first-order valence-electron chi connectivity index (χ1n) is 4.76. The Bertz CT molecular complexity index is 276. The van der Waals surface area contributed by atoms with Crippen LogP contribution in [0.5, 0.6) is 0 Å². The van der Waals surface area contributed by atoms with Crippen molar-refractivity contribution in [2.75, 3.05) is 24.2 Å². The molecule has 0 bridgehead atoms. The monoisotopic (exact) mass is 195 g/mol. The first-order chi connectivity index (χ1) is 6.68. The van der Waals surface area contributed by atoms with Crippen LogP contribution in [0.1, 0.15) is 13.8 Å². The van der Waals surface area contributed by atoms with Crippen LogP contribution in [0.3, 0.4) is 0 Å². The second kappa shape index (κ2) is 5.44. The molecular weight excluding hydrogens is 178 g/mol. The lowest BCUT2D eigenvalue weighted by atomic mass is 10.4. The van der Waals surface area contributed by atoms with Gasteiger partial charge in [0, 0.05) is 6.54 Å². The molecule has 78 valence electrons. The molecule has 0 saturated carbocycles. The van der Waals surface area contributed by atoms with Crippen LogP contribution in [0, 0.1) is 0 Å². The fraction of sp³-hybridized carbons (Fsp3) is 0.500. The summed E-state index contributed by atoms with van der Waals surface area (Å²) in [6.07, 6.45) is 0.269. The fourth-order valence-electron chi connectivity index (χ4n) is 1.02. The van der Waals surface area contributed by atoms with Crippen molar-refractivity contribution in [3.05, 3.63) is 18.2 Å². The maximum absolute atomic E-state index is 5.53. The van der Waals surface area contributed by atoms with Gasteiger partial charge in [-0.2, -0.15) is 0 Å². The topological polar surface area (TPSA) is 60.2 Å². The van der Waals surface area contributed by atoms with Crippen LogP contribution in [-0.2, 0) is 4.74 Å². The summed E-state index contributed by atoms with van der Waals surface area (Å²) in [5.41, 5.74) is 5.53. The smallest absolute Gasteiger partial charge is 0.128 e. The van der Waals surface area contributed by atoms with Crippen LogP contribution >= 0.6 is 0 Å². The standard InChI is InChI=1S/C10H17N3O/c1-8(2)14-7-6-12-10-5-3-4-9(11)13-10/h3-5,8H,6-7H2,1-2H3,(H3,11,12,13). The Morgan fingerprint density at radius 1 is 1.50 bits per heavy atom. The number of anilines is 2. The van der Waals surface area contributed by atoms with Gasteiger partial charge in [-0.05, 0) is 26.0 Å². The van der Waals surface area contributed by atoms with Gasteiger partial charge in [-0.1, -0.05) is 6.07 Å². The van der Waals surface area contributed by atoms with Crippen molar-refractivity contribution in [1.29, 1.82) is 0 Å². The Morgan fingerprint density at radius 3 is 2.93 bits per heavy atom. The minimum Gasteiger partial charge on any atom is -0.384 e. The number of pyridine rings is 1. The van der Waals surface area contributed by atoms with E-state index in [4.69, 9.17) is 10.5 Å². The van der Waals surface area contributed by atoms with Crippen molar-refractivity contribution in [3.63, 3.8) is 0 Å². The van der Waals surface area contributed by atoms with E-state index >= 15 is 0 Å². The summed E-state index contributed by atoms with van der Waals surface area (Å²) < 4.78 is 5.37. The number of ether oxygens (including phenoxy) is 1. The van der Waals surface area contributed by atoms with E-state index in [0.29, 0.717) is 12.4 Å². The average Bonchev–Trinajstić information content (AvgIpc) is 2.12. The highest BCUT2D eigenvalue weighted by molar-refractivity contribution is 5.41. The van der Waals surface area contributed by atoms with Crippen LogP contribution in [0.25, 0.3) is 0 Å². The van der Waals surface area contributed by atoms with E-state index in [-0.39, 0.29) is 6.10 Å². The van der Waals surface area contributed by atoms with Gasteiger partial charge in [0.25, 0.3) is 0 Å². The van der Waals surface area contributed by atoms with Gasteiger partial charge < -0.3 is 15.8 Å². The Balaban J connectivity index is 2.25. The molecule has 0 amide bonds. The number of nitrogens with zero attached hydrogens (tertiary/aromatic N) is 1. The molecule has 0 atom stereocenters. The van der Waals surface area contributed by atoms with Crippen LogP contribution in [-0.4, -0.2) is 24.2 Å².